The molecule has 1 aliphatic heterocycles. The average molecular weight is 438 g/mol. The zero-order chi connectivity index (χ0) is 20.5. The molecule has 0 radical (unpaired) electrons. The smallest absolute Gasteiger partial charge is 0.251 e. The van der Waals surface area contributed by atoms with E-state index >= 15 is 0 Å². The van der Waals surface area contributed by atoms with Gasteiger partial charge in [0.05, 0.1) is 23.3 Å². The lowest BCUT2D eigenvalue weighted by Gasteiger charge is -2.36. The molecule has 0 aliphatic carbocycles. The number of carbonyl (C=O) groups is 1. The zero-order valence-corrected chi connectivity index (χ0v) is 17.9. The third-order valence-corrected chi connectivity index (χ3v) is 5.79. The Morgan fingerprint density at radius 1 is 1.19 bits per heavy atom. The Balaban J connectivity index is 0.00000231. The van der Waals surface area contributed by atoms with Crippen LogP contribution >= 0.6 is 12.4 Å². The zero-order valence-electron chi connectivity index (χ0n) is 17.1. The number of amides is 1. The summed E-state index contributed by atoms with van der Waals surface area (Å²) in [4.78, 5) is 27.2. The minimum Gasteiger partial charge on any atom is -0.444 e. The van der Waals surface area contributed by atoms with Crippen molar-refractivity contribution in [1.82, 2.24) is 25.2 Å². The topological polar surface area (TPSA) is 87.1 Å². The monoisotopic (exact) mass is 437 g/mol. The molecule has 7 nitrogen and oxygen atoms in total. The van der Waals surface area contributed by atoms with Crippen LogP contribution in [0.1, 0.15) is 35.1 Å². The minimum atomic E-state index is -0.0583. The summed E-state index contributed by atoms with van der Waals surface area (Å²) < 4.78 is 5.30. The number of aromatic amines is 1. The Hall–Kier alpha value is -3.16. The number of hydrogen-bond acceptors (Lipinski definition) is 5. The van der Waals surface area contributed by atoms with Crippen LogP contribution in [0.5, 0.6) is 0 Å². The first-order chi connectivity index (χ1) is 14.7. The average Bonchev–Trinajstić information content (AvgIpc) is 3.45. The number of para-hydroxylation sites is 2. The number of halogens is 1. The largest absolute Gasteiger partial charge is 0.444 e. The third-order valence-electron chi connectivity index (χ3n) is 5.79. The molecule has 1 aliphatic rings. The van der Waals surface area contributed by atoms with Crippen LogP contribution in [0.15, 0.2) is 65.5 Å². The van der Waals surface area contributed by atoms with Crippen molar-refractivity contribution in [2.75, 3.05) is 13.6 Å². The summed E-state index contributed by atoms with van der Waals surface area (Å²) >= 11 is 0. The van der Waals surface area contributed by atoms with Crippen molar-refractivity contribution >= 4 is 29.3 Å². The summed E-state index contributed by atoms with van der Waals surface area (Å²) in [5, 5.41) is 3.20. The lowest BCUT2D eigenvalue weighted by molar-refractivity contribution is 0.0884. The molecule has 0 spiro atoms. The van der Waals surface area contributed by atoms with Gasteiger partial charge in [0.2, 0.25) is 0 Å². The number of fused-ring (bicyclic) bond motifs is 1. The van der Waals surface area contributed by atoms with Gasteiger partial charge in [-0.2, -0.15) is 0 Å². The first-order valence-electron chi connectivity index (χ1n) is 10.1. The van der Waals surface area contributed by atoms with Crippen LogP contribution < -0.4 is 5.32 Å². The Bertz CT molecular complexity index is 1120. The van der Waals surface area contributed by atoms with Crippen molar-refractivity contribution in [2.24, 2.45) is 0 Å². The summed E-state index contributed by atoms with van der Waals surface area (Å²) in [5.41, 5.74) is 3.54. The number of aromatic nitrogens is 3. The molecule has 3 heterocycles. The fourth-order valence-electron chi connectivity index (χ4n) is 4.08. The van der Waals surface area contributed by atoms with Crippen LogP contribution in [0.4, 0.5) is 0 Å². The van der Waals surface area contributed by atoms with Gasteiger partial charge in [0.15, 0.2) is 12.2 Å². The van der Waals surface area contributed by atoms with E-state index in [0.29, 0.717) is 11.3 Å². The van der Waals surface area contributed by atoms with Crippen LogP contribution in [0.25, 0.3) is 22.4 Å². The number of nitrogens with one attached hydrogen (secondary N) is 2. The van der Waals surface area contributed by atoms with Crippen LogP contribution in [-0.2, 0) is 0 Å². The molecule has 1 saturated heterocycles. The number of benzene rings is 2. The highest BCUT2D eigenvalue weighted by atomic mass is 35.5. The van der Waals surface area contributed by atoms with Crippen molar-refractivity contribution in [1.29, 1.82) is 0 Å². The summed E-state index contributed by atoms with van der Waals surface area (Å²) in [6.07, 6.45) is 4.79. The van der Waals surface area contributed by atoms with Crippen molar-refractivity contribution < 1.29 is 9.21 Å². The number of rotatable bonds is 4. The maximum absolute atomic E-state index is 12.8. The summed E-state index contributed by atoms with van der Waals surface area (Å²) in [6.45, 7) is 0.900. The molecule has 5 rings (SSSR count). The van der Waals surface area contributed by atoms with Gasteiger partial charge in [-0.15, -0.1) is 12.4 Å². The van der Waals surface area contributed by atoms with Crippen LogP contribution in [0.2, 0.25) is 0 Å². The van der Waals surface area contributed by atoms with E-state index in [0.717, 1.165) is 41.8 Å². The molecule has 160 valence electrons. The van der Waals surface area contributed by atoms with E-state index in [1.807, 2.05) is 48.5 Å². The number of carbonyl (C=O) groups excluding carboxylic acids is 1. The summed E-state index contributed by atoms with van der Waals surface area (Å²) in [5.74, 6) is 1.58. The van der Waals surface area contributed by atoms with Crippen LogP contribution in [-0.4, -0.2) is 45.4 Å². The Kier molecular flexibility index (Phi) is 6.06. The van der Waals surface area contributed by atoms with Gasteiger partial charge in [0, 0.05) is 23.7 Å². The molecule has 2 atom stereocenters. The van der Waals surface area contributed by atoms with E-state index in [1.165, 1.54) is 6.39 Å². The maximum atomic E-state index is 12.8. The molecule has 2 aromatic heterocycles. The Morgan fingerprint density at radius 3 is 2.74 bits per heavy atom. The minimum absolute atomic E-state index is 0. The highest BCUT2D eigenvalue weighted by molar-refractivity contribution is 5.94. The number of imidazole rings is 1. The number of piperidine rings is 1. The molecule has 2 N–H and O–H groups in total. The molecule has 0 bridgehead atoms. The second-order valence-corrected chi connectivity index (χ2v) is 7.77. The van der Waals surface area contributed by atoms with E-state index in [1.54, 1.807) is 6.20 Å². The highest BCUT2D eigenvalue weighted by Crippen LogP contribution is 2.29. The van der Waals surface area contributed by atoms with Crippen molar-refractivity contribution in [3.8, 4) is 11.3 Å². The summed E-state index contributed by atoms with van der Waals surface area (Å²) in [6, 6.07) is 15.7. The highest BCUT2D eigenvalue weighted by Gasteiger charge is 2.30. The van der Waals surface area contributed by atoms with Gasteiger partial charge in [-0.1, -0.05) is 24.3 Å². The van der Waals surface area contributed by atoms with Crippen molar-refractivity contribution in [3.63, 3.8) is 0 Å². The van der Waals surface area contributed by atoms with Crippen molar-refractivity contribution in [2.45, 2.75) is 24.9 Å². The number of likely N-dealkylation sites (tertiary alicyclic amines) is 1. The lowest BCUT2D eigenvalue weighted by atomic mass is 9.96. The predicted molar refractivity (Wildman–Crippen MR) is 121 cm³/mol. The first-order valence-corrected chi connectivity index (χ1v) is 10.1. The fraction of sp³-hybridized carbons (Fsp3) is 0.261. The fourth-order valence-corrected chi connectivity index (χ4v) is 4.08. The number of oxazole rings is 1. The first kappa shape index (κ1) is 21.1. The molecule has 8 heteroatoms. The normalized spacial score (nSPS) is 19.1. The van der Waals surface area contributed by atoms with E-state index in [-0.39, 0.29) is 30.4 Å². The summed E-state index contributed by atoms with van der Waals surface area (Å²) in [7, 11) is 2.11. The van der Waals surface area contributed by atoms with Gasteiger partial charge in [0.1, 0.15) is 5.82 Å². The predicted octanol–water partition coefficient (Wildman–Crippen LogP) is 4.21. The molecule has 4 aromatic rings. The van der Waals surface area contributed by atoms with Gasteiger partial charge in [-0.3, -0.25) is 9.69 Å². The molecule has 0 saturated carbocycles. The molecule has 2 aromatic carbocycles. The van der Waals surface area contributed by atoms with E-state index < -0.39 is 0 Å². The van der Waals surface area contributed by atoms with Gasteiger partial charge < -0.3 is 14.7 Å². The van der Waals surface area contributed by atoms with Gasteiger partial charge in [-0.25, -0.2) is 9.97 Å². The number of hydrogen-bond donors (Lipinski definition) is 2. The maximum Gasteiger partial charge on any atom is 0.251 e. The standard InChI is InChI=1S/C23H23N5O2.ClH/c1-28-11-10-17(12-20(28)22-26-18-4-2-3-5-19(18)27-22)25-23(29)16-8-6-15(7-9-16)21-13-24-14-30-21;/h2-9,13-14,17,20H,10-12H2,1H3,(H,25,29)(H,26,27);1H/t17-,20-;/m1./s1. The molecule has 0 unspecified atom stereocenters. The molecular formula is C23H24ClN5O2. The van der Waals surface area contributed by atoms with Gasteiger partial charge in [-0.05, 0) is 44.2 Å². The van der Waals surface area contributed by atoms with Crippen molar-refractivity contribution in [3.05, 3.63) is 72.5 Å². The Labute approximate surface area is 186 Å². The second-order valence-electron chi connectivity index (χ2n) is 7.77. The van der Waals surface area contributed by atoms with E-state index in [4.69, 9.17) is 9.40 Å². The second kappa shape index (κ2) is 8.91. The third kappa shape index (κ3) is 4.33. The van der Waals surface area contributed by atoms with E-state index in [2.05, 4.69) is 27.2 Å². The number of H-pyrrole nitrogens is 1. The van der Waals surface area contributed by atoms with Gasteiger partial charge in [0.25, 0.3) is 5.91 Å². The Morgan fingerprint density at radius 2 is 2.00 bits per heavy atom. The molecule has 1 fully saturated rings. The SMILES string of the molecule is CN1CC[C@@H](NC(=O)c2ccc(-c3cnco3)cc2)C[C@@H]1c1nc2ccccc2[nH]1.Cl. The molecular weight excluding hydrogens is 414 g/mol. The van der Waals surface area contributed by atoms with Crippen LogP contribution in [0.3, 0.4) is 0 Å². The van der Waals surface area contributed by atoms with Crippen LogP contribution in [0, 0.1) is 0 Å². The number of nitrogens with zero attached hydrogens (tertiary/aromatic N) is 3. The molecule has 31 heavy (non-hydrogen) atoms. The molecule has 1 amide bonds. The quantitative estimate of drug-likeness (QED) is 0.499. The lowest BCUT2D eigenvalue weighted by Crippen LogP contribution is -2.45. The van der Waals surface area contributed by atoms with Gasteiger partial charge >= 0.3 is 0 Å². The van der Waals surface area contributed by atoms with E-state index in [9.17, 15) is 4.79 Å².